The Morgan fingerprint density at radius 1 is 1.32 bits per heavy atom. The van der Waals surface area contributed by atoms with Crippen LogP contribution in [-0.2, 0) is 0 Å². The van der Waals surface area contributed by atoms with Crippen LogP contribution >= 0.6 is 22.6 Å². The number of aromatic hydroxyl groups is 1. The van der Waals surface area contributed by atoms with Gasteiger partial charge in [0.25, 0.3) is 0 Å². The molecule has 5 nitrogen and oxygen atoms in total. The van der Waals surface area contributed by atoms with Gasteiger partial charge in [-0.05, 0) is 47.3 Å². The molecule has 19 heavy (non-hydrogen) atoms. The molecule has 1 aromatic rings. The number of hydrogen-bond acceptors (Lipinski definition) is 5. The summed E-state index contributed by atoms with van der Waals surface area (Å²) < 4.78 is 5.90. The summed E-state index contributed by atoms with van der Waals surface area (Å²) in [7, 11) is 3.67. The van der Waals surface area contributed by atoms with Crippen LogP contribution in [0.1, 0.15) is 5.56 Å². The van der Waals surface area contributed by atoms with Gasteiger partial charge in [0.15, 0.2) is 11.5 Å². The first-order valence-electron chi connectivity index (χ1n) is 6.14. The second-order valence-electron chi connectivity index (χ2n) is 4.56. The SMILES string of the molecule is COc1cc(/C=N/N2CCN(C)CC2)cc(I)c1O. The molecular weight excluding hydrogens is 357 g/mol. The number of piperazine rings is 1. The van der Waals surface area contributed by atoms with Gasteiger partial charge < -0.3 is 14.7 Å². The molecule has 1 N–H and O–H groups in total. The maximum atomic E-state index is 9.78. The summed E-state index contributed by atoms with van der Waals surface area (Å²) in [4.78, 5) is 2.29. The van der Waals surface area contributed by atoms with E-state index in [1.807, 2.05) is 12.3 Å². The number of hydrogen-bond donors (Lipinski definition) is 1. The Hall–Kier alpha value is -1.02. The molecule has 0 aromatic heterocycles. The van der Waals surface area contributed by atoms with Crippen molar-refractivity contribution >= 4 is 28.8 Å². The number of phenolic OH excluding ortho intramolecular Hbond substituents is 1. The van der Waals surface area contributed by atoms with Gasteiger partial charge in [-0.25, -0.2) is 0 Å². The van der Waals surface area contributed by atoms with E-state index in [0.29, 0.717) is 5.75 Å². The van der Waals surface area contributed by atoms with Crippen molar-refractivity contribution in [3.63, 3.8) is 0 Å². The molecule has 2 rings (SSSR count). The van der Waals surface area contributed by atoms with Gasteiger partial charge in [-0.3, -0.25) is 5.01 Å². The maximum absolute atomic E-state index is 9.78. The van der Waals surface area contributed by atoms with Gasteiger partial charge in [-0.2, -0.15) is 5.10 Å². The molecule has 1 saturated heterocycles. The summed E-state index contributed by atoms with van der Waals surface area (Å²) >= 11 is 2.08. The first-order chi connectivity index (χ1) is 9.10. The van der Waals surface area contributed by atoms with Gasteiger partial charge in [0.1, 0.15) is 0 Å². The Kier molecular flexibility index (Phi) is 4.87. The Balaban J connectivity index is 2.08. The number of ether oxygens (including phenoxy) is 1. The predicted molar refractivity (Wildman–Crippen MR) is 84.0 cm³/mol. The molecule has 104 valence electrons. The summed E-state index contributed by atoms with van der Waals surface area (Å²) in [6.07, 6.45) is 1.81. The van der Waals surface area contributed by atoms with Crippen molar-refractivity contribution in [2.24, 2.45) is 5.10 Å². The molecule has 0 spiro atoms. The molecule has 0 radical (unpaired) electrons. The van der Waals surface area contributed by atoms with E-state index in [-0.39, 0.29) is 5.75 Å². The van der Waals surface area contributed by atoms with E-state index in [2.05, 4.69) is 44.6 Å². The number of rotatable bonds is 3. The van der Waals surface area contributed by atoms with Crippen molar-refractivity contribution in [1.82, 2.24) is 9.91 Å². The van der Waals surface area contributed by atoms with E-state index in [4.69, 9.17) is 4.74 Å². The molecule has 1 fully saturated rings. The normalized spacial score (nSPS) is 17.1. The third-order valence-electron chi connectivity index (χ3n) is 3.12. The second kappa shape index (κ2) is 6.42. The Morgan fingerprint density at radius 3 is 2.63 bits per heavy atom. The number of hydrazone groups is 1. The zero-order chi connectivity index (χ0) is 13.8. The Bertz CT molecular complexity index is 471. The lowest BCUT2D eigenvalue weighted by molar-refractivity contribution is 0.159. The molecule has 0 saturated carbocycles. The average molecular weight is 375 g/mol. The lowest BCUT2D eigenvalue weighted by Gasteiger charge is -2.30. The van der Waals surface area contributed by atoms with Crippen LogP contribution in [0.25, 0.3) is 0 Å². The van der Waals surface area contributed by atoms with Crippen molar-refractivity contribution in [2.75, 3.05) is 40.3 Å². The van der Waals surface area contributed by atoms with Crippen molar-refractivity contribution in [3.8, 4) is 11.5 Å². The number of benzene rings is 1. The lowest BCUT2D eigenvalue weighted by atomic mass is 10.2. The summed E-state index contributed by atoms with van der Waals surface area (Å²) in [5.74, 6) is 0.659. The minimum absolute atomic E-state index is 0.180. The molecule has 0 amide bonds. The van der Waals surface area contributed by atoms with Gasteiger partial charge in [0.2, 0.25) is 0 Å². The van der Waals surface area contributed by atoms with Crippen LogP contribution in [0.3, 0.4) is 0 Å². The van der Waals surface area contributed by atoms with Gasteiger partial charge >= 0.3 is 0 Å². The fourth-order valence-corrected chi connectivity index (χ4v) is 2.51. The van der Waals surface area contributed by atoms with Crippen LogP contribution < -0.4 is 4.74 Å². The maximum Gasteiger partial charge on any atom is 0.171 e. The van der Waals surface area contributed by atoms with Crippen molar-refractivity contribution in [1.29, 1.82) is 0 Å². The average Bonchev–Trinajstić information content (AvgIpc) is 2.41. The molecular formula is C13H18IN3O2. The summed E-state index contributed by atoms with van der Waals surface area (Å²) in [5.41, 5.74) is 0.929. The highest BCUT2D eigenvalue weighted by atomic mass is 127. The van der Waals surface area contributed by atoms with E-state index in [0.717, 1.165) is 35.3 Å². The highest BCUT2D eigenvalue weighted by Gasteiger charge is 2.11. The Morgan fingerprint density at radius 2 is 2.00 bits per heavy atom. The first kappa shape index (κ1) is 14.4. The van der Waals surface area contributed by atoms with Crippen molar-refractivity contribution in [2.45, 2.75) is 0 Å². The van der Waals surface area contributed by atoms with Crippen LogP contribution in [0.4, 0.5) is 0 Å². The van der Waals surface area contributed by atoms with E-state index in [9.17, 15) is 5.11 Å². The molecule has 1 aliphatic heterocycles. The smallest absolute Gasteiger partial charge is 0.171 e. The molecule has 1 heterocycles. The molecule has 0 aliphatic carbocycles. The number of likely N-dealkylation sites (N-methyl/N-ethyl adjacent to an activating group) is 1. The molecule has 0 atom stereocenters. The molecule has 1 aliphatic rings. The van der Waals surface area contributed by atoms with Gasteiger partial charge in [-0.15, -0.1) is 0 Å². The van der Waals surface area contributed by atoms with Gasteiger partial charge in [0, 0.05) is 26.2 Å². The van der Waals surface area contributed by atoms with Crippen LogP contribution in [0.5, 0.6) is 11.5 Å². The standard InChI is InChI=1S/C13H18IN3O2/c1-16-3-5-17(6-4-16)15-9-10-7-11(14)13(18)12(8-10)19-2/h7-9,18H,3-6H2,1-2H3/b15-9+. The third kappa shape index (κ3) is 3.73. The molecule has 6 heteroatoms. The summed E-state index contributed by atoms with van der Waals surface area (Å²) in [5, 5.41) is 16.3. The van der Waals surface area contributed by atoms with E-state index < -0.39 is 0 Å². The first-order valence-corrected chi connectivity index (χ1v) is 7.22. The van der Waals surface area contributed by atoms with E-state index in [1.165, 1.54) is 0 Å². The molecule has 0 bridgehead atoms. The van der Waals surface area contributed by atoms with Gasteiger partial charge in [0.05, 0.1) is 16.9 Å². The largest absolute Gasteiger partial charge is 0.504 e. The third-order valence-corrected chi connectivity index (χ3v) is 3.94. The number of phenols is 1. The van der Waals surface area contributed by atoms with E-state index in [1.54, 1.807) is 13.2 Å². The lowest BCUT2D eigenvalue weighted by Crippen LogP contribution is -2.41. The van der Waals surface area contributed by atoms with Crippen molar-refractivity contribution in [3.05, 3.63) is 21.3 Å². The quantitative estimate of drug-likeness (QED) is 0.644. The van der Waals surface area contributed by atoms with Crippen LogP contribution in [0, 0.1) is 3.57 Å². The summed E-state index contributed by atoms with van der Waals surface area (Å²) in [6.45, 7) is 3.96. The minimum atomic E-state index is 0.180. The van der Waals surface area contributed by atoms with E-state index >= 15 is 0 Å². The number of nitrogens with zero attached hydrogens (tertiary/aromatic N) is 3. The van der Waals surface area contributed by atoms with Crippen LogP contribution in [0.15, 0.2) is 17.2 Å². The monoisotopic (exact) mass is 375 g/mol. The van der Waals surface area contributed by atoms with Gasteiger partial charge in [-0.1, -0.05) is 0 Å². The minimum Gasteiger partial charge on any atom is -0.504 e. The molecule has 0 unspecified atom stereocenters. The molecule has 1 aromatic carbocycles. The highest BCUT2D eigenvalue weighted by Crippen LogP contribution is 2.31. The topological polar surface area (TPSA) is 48.3 Å². The van der Waals surface area contributed by atoms with Crippen LogP contribution in [0.2, 0.25) is 0 Å². The second-order valence-corrected chi connectivity index (χ2v) is 5.72. The predicted octanol–water partition coefficient (Wildman–Crippen LogP) is 1.59. The number of methoxy groups -OCH3 is 1. The fraction of sp³-hybridized carbons (Fsp3) is 0.462. The highest BCUT2D eigenvalue weighted by molar-refractivity contribution is 14.1. The summed E-state index contributed by atoms with van der Waals surface area (Å²) in [6, 6.07) is 3.68. The Labute approximate surface area is 127 Å². The zero-order valence-corrected chi connectivity index (χ0v) is 13.3. The fourth-order valence-electron chi connectivity index (χ4n) is 1.88. The zero-order valence-electron chi connectivity index (χ0n) is 11.1. The van der Waals surface area contributed by atoms with Crippen LogP contribution in [-0.4, -0.2) is 61.6 Å². The number of halogens is 1. The van der Waals surface area contributed by atoms with Crippen molar-refractivity contribution < 1.29 is 9.84 Å².